The van der Waals surface area contributed by atoms with Crippen LogP contribution in [-0.2, 0) is 4.79 Å². The maximum atomic E-state index is 12.0. The van der Waals surface area contributed by atoms with Gasteiger partial charge in [0.1, 0.15) is 0 Å². The monoisotopic (exact) mass is 232 g/mol. The van der Waals surface area contributed by atoms with Gasteiger partial charge in [-0.1, -0.05) is 12.5 Å². The third-order valence-electron chi connectivity index (χ3n) is 3.42. The molecule has 3 heteroatoms. The highest BCUT2D eigenvalue weighted by atomic mass is 16.2. The lowest BCUT2D eigenvalue weighted by Crippen LogP contribution is -2.26. The average molecular weight is 232 g/mol. The molecule has 3 nitrogen and oxygen atoms in total. The predicted molar refractivity (Wildman–Crippen MR) is 71.5 cm³/mol. The van der Waals surface area contributed by atoms with Crippen molar-refractivity contribution in [3.05, 3.63) is 23.8 Å². The first kappa shape index (κ1) is 12.0. The van der Waals surface area contributed by atoms with Gasteiger partial charge in [-0.05, 0) is 37.5 Å². The summed E-state index contributed by atoms with van der Waals surface area (Å²) in [4.78, 5) is 13.8. The molecule has 17 heavy (non-hydrogen) atoms. The van der Waals surface area contributed by atoms with Crippen molar-refractivity contribution in [1.82, 2.24) is 0 Å². The van der Waals surface area contributed by atoms with Crippen LogP contribution < -0.4 is 10.2 Å². The first-order chi connectivity index (χ1) is 8.20. The van der Waals surface area contributed by atoms with E-state index in [0.29, 0.717) is 6.42 Å². The van der Waals surface area contributed by atoms with Crippen LogP contribution in [0.1, 0.15) is 31.2 Å². The molecule has 1 aliphatic rings. The standard InChI is InChI=1S/C14H20N2O/c1-11-12-7-6-8-13(11)16(2)14(17)9-4-3-5-10-15-12/h6-8,15H,3-5,9-10H2,1-2H3. The molecule has 2 rings (SSSR count). The molecule has 0 radical (unpaired) electrons. The summed E-state index contributed by atoms with van der Waals surface area (Å²) in [6.07, 6.45) is 3.88. The minimum Gasteiger partial charge on any atom is -0.385 e. The number of amides is 1. The van der Waals surface area contributed by atoms with Crippen molar-refractivity contribution in [2.75, 3.05) is 23.8 Å². The Bertz CT molecular complexity index is 415. The Balaban J connectivity index is 2.35. The van der Waals surface area contributed by atoms with Gasteiger partial charge in [-0.3, -0.25) is 4.79 Å². The molecule has 0 unspecified atom stereocenters. The second kappa shape index (κ2) is 5.21. The molecule has 2 bridgehead atoms. The van der Waals surface area contributed by atoms with Crippen LogP contribution in [0.15, 0.2) is 18.2 Å². The van der Waals surface area contributed by atoms with E-state index in [1.807, 2.05) is 19.2 Å². The minimum atomic E-state index is 0.215. The summed E-state index contributed by atoms with van der Waals surface area (Å²) in [7, 11) is 1.87. The number of carbonyl (C=O) groups excluding carboxylic acids is 1. The molecule has 1 N–H and O–H groups in total. The Kier molecular flexibility index (Phi) is 3.67. The van der Waals surface area contributed by atoms with Crippen LogP contribution in [-0.4, -0.2) is 19.5 Å². The van der Waals surface area contributed by atoms with Gasteiger partial charge in [-0.2, -0.15) is 0 Å². The summed E-state index contributed by atoms with van der Waals surface area (Å²) in [5.41, 5.74) is 3.32. The Hall–Kier alpha value is -1.51. The molecule has 1 aromatic carbocycles. The average Bonchev–Trinajstić information content (AvgIpc) is 2.35. The molecule has 1 aliphatic heterocycles. The first-order valence-electron chi connectivity index (χ1n) is 6.30. The zero-order valence-corrected chi connectivity index (χ0v) is 10.6. The highest BCUT2D eigenvalue weighted by molar-refractivity contribution is 5.94. The fourth-order valence-electron chi connectivity index (χ4n) is 2.28. The largest absolute Gasteiger partial charge is 0.385 e. The van der Waals surface area contributed by atoms with Crippen molar-refractivity contribution < 1.29 is 4.79 Å². The topological polar surface area (TPSA) is 32.3 Å². The third kappa shape index (κ3) is 2.60. The van der Waals surface area contributed by atoms with Crippen molar-refractivity contribution in [2.24, 2.45) is 0 Å². The Morgan fingerprint density at radius 3 is 2.88 bits per heavy atom. The van der Waals surface area contributed by atoms with E-state index in [1.165, 1.54) is 0 Å². The number of anilines is 2. The molecule has 0 saturated heterocycles. The lowest BCUT2D eigenvalue weighted by atomic mass is 10.1. The molecule has 1 heterocycles. The van der Waals surface area contributed by atoms with Crippen LogP contribution in [0.4, 0.5) is 11.4 Å². The van der Waals surface area contributed by atoms with Gasteiger partial charge < -0.3 is 10.2 Å². The summed E-state index contributed by atoms with van der Waals surface area (Å²) in [5, 5.41) is 3.45. The molecule has 0 aliphatic carbocycles. The maximum absolute atomic E-state index is 12.0. The molecule has 1 aromatic rings. The summed E-state index contributed by atoms with van der Waals surface area (Å²) in [6.45, 7) is 3.06. The van der Waals surface area contributed by atoms with Gasteiger partial charge in [-0.25, -0.2) is 0 Å². The van der Waals surface area contributed by atoms with Crippen LogP contribution >= 0.6 is 0 Å². The van der Waals surface area contributed by atoms with Gasteiger partial charge >= 0.3 is 0 Å². The summed E-state index contributed by atoms with van der Waals surface area (Å²) in [6, 6.07) is 6.09. The van der Waals surface area contributed by atoms with Gasteiger partial charge in [0.2, 0.25) is 5.91 Å². The molecule has 0 spiro atoms. The molecular formula is C14H20N2O. The molecule has 0 saturated carbocycles. The van der Waals surface area contributed by atoms with Gasteiger partial charge in [0.25, 0.3) is 0 Å². The van der Waals surface area contributed by atoms with Crippen molar-refractivity contribution in [1.29, 1.82) is 0 Å². The number of carbonyl (C=O) groups is 1. The quantitative estimate of drug-likeness (QED) is 0.746. The van der Waals surface area contributed by atoms with Crippen molar-refractivity contribution in [3.8, 4) is 0 Å². The zero-order chi connectivity index (χ0) is 12.3. The number of rotatable bonds is 0. The Morgan fingerprint density at radius 1 is 1.24 bits per heavy atom. The number of hydrogen-bond acceptors (Lipinski definition) is 2. The van der Waals surface area contributed by atoms with Crippen LogP contribution in [0.5, 0.6) is 0 Å². The second-order valence-corrected chi connectivity index (χ2v) is 4.64. The summed E-state index contributed by atoms with van der Waals surface area (Å²) in [5.74, 6) is 0.215. The van der Waals surface area contributed by atoms with Crippen LogP contribution in [0.25, 0.3) is 0 Å². The van der Waals surface area contributed by atoms with Gasteiger partial charge in [-0.15, -0.1) is 0 Å². The van der Waals surface area contributed by atoms with Crippen molar-refractivity contribution >= 4 is 17.3 Å². The number of benzene rings is 1. The molecule has 1 amide bonds. The number of hydrogen-bond donors (Lipinski definition) is 1. The third-order valence-corrected chi connectivity index (χ3v) is 3.42. The number of nitrogens with zero attached hydrogens (tertiary/aromatic N) is 1. The highest BCUT2D eigenvalue weighted by Crippen LogP contribution is 2.27. The van der Waals surface area contributed by atoms with E-state index >= 15 is 0 Å². The SMILES string of the molecule is Cc1c2cccc1N(C)C(=O)CCCCCN2. The van der Waals surface area contributed by atoms with Gasteiger partial charge in [0, 0.05) is 31.4 Å². The smallest absolute Gasteiger partial charge is 0.226 e. The molecule has 92 valence electrons. The van der Waals surface area contributed by atoms with E-state index in [4.69, 9.17) is 0 Å². The molecule has 0 atom stereocenters. The molecule has 0 aromatic heterocycles. The second-order valence-electron chi connectivity index (χ2n) is 4.64. The predicted octanol–water partition coefficient (Wildman–Crippen LogP) is 2.94. The fourth-order valence-corrected chi connectivity index (χ4v) is 2.28. The minimum absolute atomic E-state index is 0.215. The number of nitrogens with one attached hydrogen (secondary N) is 1. The maximum Gasteiger partial charge on any atom is 0.226 e. The zero-order valence-electron chi connectivity index (χ0n) is 10.6. The van der Waals surface area contributed by atoms with Crippen LogP contribution in [0, 0.1) is 6.92 Å². The summed E-state index contributed by atoms with van der Waals surface area (Å²) >= 11 is 0. The van der Waals surface area contributed by atoms with Crippen LogP contribution in [0.3, 0.4) is 0 Å². The van der Waals surface area contributed by atoms with Crippen LogP contribution in [0.2, 0.25) is 0 Å². The Labute approximate surface area is 103 Å². The van der Waals surface area contributed by atoms with E-state index in [2.05, 4.69) is 18.3 Å². The molecule has 0 fully saturated rings. The van der Waals surface area contributed by atoms with Gasteiger partial charge in [0.05, 0.1) is 0 Å². The lowest BCUT2D eigenvalue weighted by molar-refractivity contribution is -0.118. The normalized spacial score (nSPS) is 17.3. The van der Waals surface area contributed by atoms with Crippen molar-refractivity contribution in [2.45, 2.75) is 32.6 Å². The van der Waals surface area contributed by atoms with E-state index in [1.54, 1.807) is 4.90 Å². The molecular weight excluding hydrogens is 212 g/mol. The lowest BCUT2D eigenvalue weighted by Gasteiger charge is -2.21. The Morgan fingerprint density at radius 2 is 2.06 bits per heavy atom. The number of fused-ring (bicyclic) bond motifs is 2. The van der Waals surface area contributed by atoms with E-state index in [0.717, 1.165) is 42.7 Å². The van der Waals surface area contributed by atoms with E-state index in [-0.39, 0.29) is 5.91 Å². The van der Waals surface area contributed by atoms with E-state index in [9.17, 15) is 4.79 Å². The summed E-state index contributed by atoms with van der Waals surface area (Å²) < 4.78 is 0. The van der Waals surface area contributed by atoms with Gasteiger partial charge in [0.15, 0.2) is 0 Å². The fraction of sp³-hybridized carbons (Fsp3) is 0.500. The highest BCUT2D eigenvalue weighted by Gasteiger charge is 2.15. The van der Waals surface area contributed by atoms with Crippen molar-refractivity contribution in [3.63, 3.8) is 0 Å². The first-order valence-corrected chi connectivity index (χ1v) is 6.30. The van der Waals surface area contributed by atoms with E-state index < -0.39 is 0 Å².